The summed E-state index contributed by atoms with van der Waals surface area (Å²) in [5, 5.41) is 7.27. The molecule has 2 rings (SSSR count). The first-order valence-electron chi connectivity index (χ1n) is 5.09. The molecule has 1 N–H and O–H groups in total. The molecule has 4 heteroatoms. The Morgan fingerprint density at radius 3 is 2.62 bits per heavy atom. The molecule has 0 aliphatic heterocycles. The monoisotopic (exact) mass is 219 g/mol. The maximum Gasteiger partial charge on any atom is 0.125 e. The molecule has 16 heavy (non-hydrogen) atoms. The second-order valence-electron chi connectivity index (χ2n) is 3.74. The first-order chi connectivity index (χ1) is 7.61. The Kier molecular flexibility index (Phi) is 2.64. The summed E-state index contributed by atoms with van der Waals surface area (Å²) in [6.45, 7) is 1.94. The molecule has 0 saturated carbocycles. The molecule has 0 unspecified atom stereocenters. The summed E-state index contributed by atoms with van der Waals surface area (Å²) in [5.74, 6) is -0.241. The average molecular weight is 219 g/mol. The largest absolute Gasteiger partial charge is 0.388 e. The van der Waals surface area contributed by atoms with Gasteiger partial charge in [0.2, 0.25) is 0 Å². The Bertz CT molecular complexity index is 517. The highest BCUT2D eigenvalue weighted by molar-refractivity contribution is 5.78. The second kappa shape index (κ2) is 3.96. The number of rotatable bonds is 2. The molecule has 0 fully saturated rings. The summed E-state index contributed by atoms with van der Waals surface area (Å²) in [5.41, 5.74) is 3.70. The number of aromatic nitrogens is 2. The zero-order valence-corrected chi connectivity index (χ0v) is 9.58. The van der Waals surface area contributed by atoms with Gasteiger partial charge in [-0.1, -0.05) is 0 Å². The fourth-order valence-corrected chi connectivity index (χ4v) is 1.82. The highest BCUT2D eigenvalue weighted by atomic mass is 19.1. The van der Waals surface area contributed by atoms with Gasteiger partial charge >= 0.3 is 0 Å². The molecular formula is C12H14FN3. The molecule has 0 bridgehead atoms. The van der Waals surface area contributed by atoms with E-state index in [4.69, 9.17) is 0 Å². The van der Waals surface area contributed by atoms with Crippen molar-refractivity contribution in [3.63, 3.8) is 0 Å². The molecule has 0 amide bonds. The van der Waals surface area contributed by atoms with Crippen LogP contribution in [0.3, 0.4) is 0 Å². The maximum absolute atomic E-state index is 13.1. The van der Waals surface area contributed by atoms with Gasteiger partial charge in [0, 0.05) is 37.1 Å². The second-order valence-corrected chi connectivity index (χ2v) is 3.74. The number of hydrogen-bond donors (Lipinski definition) is 1. The standard InChI is InChI=1S/C12H14FN3/c1-8-11(7-16(3)15-8)10-5-4-9(13)6-12(10)14-2/h4-7,14H,1-3H3. The lowest BCUT2D eigenvalue weighted by Gasteiger charge is -2.08. The van der Waals surface area contributed by atoms with Crippen molar-refractivity contribution in [3.05, 3.63) is 35.9 Å². The lowest BCUT2D eigenvalue weighted by atomic mass is 10.0. The topological polar surface area (TPSA) is 29.9 Å². The van der Waals surface area contributed by atoms with Crippen LogP contribution in [0, 0.1) is 12.7 Å². The van der Waals surface area contributed by atoms with Gasteiger partial charge in [-0.15, -0.1) is 0 Å². The van der Waals surface area contributed by atoms with E-state index in [-0.39, 0.29) is 5.82 Å². The molecule has 0 saturated heterocycles. The van der Waals surface area contributed by atoms with Gasteiger partial charge in [0.05, 0.1) is 5.69 Å². The Morgan fingerprint density at radius 2 is 2.06 bits per heavy atom. The summed E-state index contributed by atoms with van der Waals surface area (Å²) < 4.78 is 14.9. The normalized spacial score (nSPS) is 10.5. The van der Waals surface area contributed by atoms with E-state index < -0.39 is 0 Å². The van der Waals surface area contributed by atoms with Crippen LogP contribution < -0.4 is 5.32 Å². The van der Waals surface area contributed by atoms with Gasteiger partial charge < -0.3 is 5.32 Å². The van der Waals surface area contributed by atoms with E-state index in [1.165, 1.54) is 12.1 Å². The van der Waals surface area contributed by atoms with Crippen molar-refractivity contribution in [2.45, 2.75) is 6.92 Å². The van der Waals surface area contributed by atoms with E-state index in [1.54, 1.807) is 17.8 Å². The van der Waals surface area contributed by atoms with E-state index >= 15 is 0 Å². The van der Waals surface area contributed by atoms with Crippen LogP contribution in [0.4, 0.5) is 10.1 Å². The summed E-state index contributed by atoms with van der Waals surface area (Å²) in [7, 11) is 3.66. The third-order valence-electron chi connectivity index (χ3n) is 2.55. The fourth-order valence-electron chi connectivity index (χ4n) is 1.82. The van der Waals surface area contributed by atoms with Crippen LogP contribution in [-0.4, -0.2) is 16.8 Å². The van der Waals surface area contributed by atoms with E-state index in [0.29, 0.717) is 0 Å². The third-order valence-corrected chi connectivity index (χ3v) is 2.55. The number of halogens is 1. The van der Waals surface area contributed by atoms with E-state index in [1.807, 2.05) is 20.2 Å². The highest BCUT2D eigenvalue weighted by Crippen LogP contribution is 2.30. The van der Waals surface area contributed by atoms with E-state index in [0.717, 1.165) is 22.5 Å². The molecule has 1 aromatic carbocycles. The van der Waals surface area contributed by atoms with Crippen molar-refractivity contribution >= 4 is 5.69 Å². The molecule has 0 aliphatic rings. The number of hydrogen-bond acceptors (Lipinski definition) is 2. The first-order valence-corrected chi connectivity index (χ1v) is 5.09. The van der Waals surface area contributed by atoms with Crippen molar-refractivity contribution in [1.82, 2.24) is 9.78 Å². The van der Waals surface area contributed by atoms with Crippen LogP contribution in [0.25, 0.3) is 11.1 Å². The van der Waals surface area contributed by atoms with Gasteiger partial charge in [0.25, 0.3) is 0 Å². The van der Waals surface area contributed by atoms with Crippen molar-refractivity contribution in [3.8, 4) is 11.1 Å². The minimum atomic E-state index is -0.241. The third kappa shape index (κ3) is 1.78. The Balaban J connectivity index is 2.59. The molecule has 3 nitrogen and oxygen atoms in total. The van der Waals surface area contributed by atoms with Gasteiger partial charge in [0.15, 0.2) is 0 Å². The molecule has 84 valence electrons. The molecule has 0 radical (unpaired) electrons. The number of nitrogens with one attached hydrogen (secondary N) is 1. The molecule has 0 spiro atoms. The predicted octanol–water partition coefficient (Wildman–Crippen LogP) is 2.58. The van der Waals surface area contributed by atoms with Crippen molar-refractivity contribution < 1.29 is 4.39 Å². The Hall–Kier alpha value is -1.84. The quantitative estimate of drug-likeness (QED) is 0.841. The molecule has 1 aromatic heterocycles. The Morgan fingerprint density at radius 1 is 1.31 bits per heavy atom. The summed E-state index contributed by atoms with van der Waals surface area (Å²) in [6.07, 6.45) is 1.93. The van der Waals surface area contributed by atoms with Gasteiger partial charge in [-0.05, 0) is 25.1 Å². The smallest absolute Gasteiger partial charge is 0.125 e. The summed E-state index contributed by atoms with van der Waals surface area (Å²) >= 11 is 0. The maximum atomic E-state index is 13.1. The number of anilines is 1. The van der Waals surface area contributed by atoms with Crippen LogP contribution in [0.5, 0.6) is 0 Å². The van der Waals surface area contributed by atoms with Gasteiger partial charge in [0.1, 0.15) is 5.82 Å². The van der Waals surface area contributed by atoms with Gasteiger partial charge in [-0.3, -0.25) is 4.68 Å². The van der Waals surface area contributed by atoms with E-state index in [2.05, 4.69) is 10.4 Å². The van der Waals surface area contributed by atoms with Crippen molar-refractivity contribution in [2.24, 2.45) is 7.05 Å². The van der Waals surface area contributed by atoms with Crippen molar-refractivity contribution in [1.29, 1.82) is 0 Å². The lowest BCUT2D eigenvalue weighted by molar-refractivity contribution is 0.628. The highest BCUT2D eigenvalue weighted by Gasteiger charge is 2.10. The minimum absolute atomic E-state index is 0.241. The number of benzene rings is 1. The SMILES string of the molecule is CNc1cc(F)ccc1-c1cn(C)nc1C. The van der Waals surface area contributed by atoms with Crippen LogP contribution in [0.1, 0.15) is 5.69 Å². The van der Waals surface area contributed by atoms with Gasteiger partial charge in [-0.25, -0.2) is 4.39 Å². The number of aryl methyl sites for hydroxylation is 2. The molecule has 2 aromatic rings. The summed E-state index contributed by atoms with van der Waals surface area (Å²) in [6, 6.07) is 4.72. The average Bonchev–Trinajstić information content (AvgIpc) is 2.57. The first kappa shape index (κ1) is 10.7. The number of nitrogens with zero attached hydrogens (tertiary/aromatic N) is 2. The van der Waals surface area contributed by atoms with Crippen LogP contribution in [0.15, 0.2) is 24.4 Å². The van der Waals surface area contributed by atoms with E-state index in [9.17, 15) is 4.39 Å². The molecular weight excluding hydrogens is 205 g/mol. The van der Waals surface area contributed by atoms with Gasteiger partial charge in [-0.2, -0.15) is 5.10 Å². The predicted molar refractivity (Wildman–Crippen MR) is 62.9 cm³/mol. The van der Waals surface area contributed by atoms with Crippen LogP contribution >= 0.6 is 0 Å². The zero-order valence-electron chi connectivity index (χ0n) is 9.58. The van der Waals surface area contributed by atoms with Crippen LogP contribution in [0.2, 0.25) is 0 Å². The minimum Gasteiger partial charge on any atom is -0.388 e. The summed E-state index contributed by atoms with van der Waals surface area (Å²) in [4.78, 5) is 0. The van der Waals surface area contributed by atoms with Crippen LogP contribution in [-0.2, 0) is 7.05 Å². The molecule has 0 aliphatic carbocycles. The molecule has 1 heterocycles. The molecule has 0 atom stereocenters. The zero-order chi connectivity index (χ0) is 11.7. The lowest BCUT2D eigenvalue weighted by Crippen LogP contribution is -1.93. The van der Waals surface area contributed by atoms with Crippen molar-refractivity contribution in [2.75, 3.05) is 12.4 Å². The fraction of sp³-hybridized carbons (Fsp3) is 0.250. The Labute approximate surface area is 93.9 Å².